The van der Waals surface area contributed by atoms with Gasteiger partial charge in [-0.1, -0.05) is 12.1 Å². The summed E-state index contributed by atoms with van der Waals surface area (Å²) >= 11 is 5.75. The summed E-state index contributed by atoms with van der Waals surface area (Å²) in [6, 6.07) is 5.97. The zero-order chi connectivity index (χ0) is 20.2. The molecule has 0 unspecified atom stereocenters. The molecule has 4 heterocycles. The molecule has 0 bridgehead atoms. The van der Waals surface area contributed by atoms with Crippen molar-refractivity contribution in [2.75, 3.05) is 26.2 Å². The molecule has 0 amide bonds. The molecule has 0 spiro atoms. The van der Waals surface area contributed by atoms with Gasteiger partial charge >= 0.3 is 0 Å². The first-order chi connectivity index (χ1) is 14.1. The summed E-state index contributed by atoms with van der Waals surface area (Å²) in [6.07, 6.45) is 4.60. The molecule has 1 fully saturated rings. The van der Waals surface area contributed by atoms with Gasteiger partial charge in [0.05, 0.1) is 18.9 Å². The molecule has 9 heteroatoms. The summed E-state index contributed by atoms with van der Waals surface area (Å²) < 4.78 is 10.2. The fourth-order valence-corrected chi connectivity index (χ4v) is 3.94. The number of hydrogen-bond donors (Lipinski definition) is 0. The SMILES string of the molecule is CCCn1c(-c2ccncc2)nn(CN2CCN(Cc3cc(C)no3)CC2)c1=S. The molecule has 8 nitrogen and oxygen atoms in total. The highest BCUT2D eigenvalue weighted by Gasteiger charge is 2.20. The minimum absolute atomic E-state index is 0.711. The second-order valence-electron chi connectivity index (χ2n) is 7.46. The zero-order valence-electron chi connectivity index (χ0n) is 17.0. The van der Waals surface area contributed by atoms with Crippen molar-refractivity contribution in [3.8, 4) is 11.4 Å². The largest absolute Gasteiger partial charge is 0.360 e. The Morgan fingerprint density at radius 2 is 1.83 bits per heavy atom. The molecule has 3 aromatic rings. The van der Waals surface area contributed by atoms with Crippen molar-refractivity contribution in [2.24, 2.45) is 0 Å². The molecule has 1 aliphatic rings. The number of aryl methyl sites for hydroxylation is 1. The Kier molecular flexibility index (Phi) is 6.17. The van der Waals surface area contributed by atoms with Gasteiger partial charge in [-0.3, -0.25) is 19.4 Å². The smallest absolute Gasteiger partial charge is 0.199 e. The molecule has 29 heavy (non-hydrogen) atoms. The molecular weight excluding hydrogens is 386 g/mol. The predicted octanol–water partition coefficient (Wildman–Crippen LogP) is 2.96. The summed E-state index contributed by atoms with van der Waals surface area (Å²) in [7, 11) is 0. The molecule has 154 valence electrons. The van der Waals surface area contributed by atoms with Crippen LogP contribution in [0, 0.1) is 11.7 Å². The molecule has 0 atom stereocenters. The molecule has 0 N–H and O–H groups in total. The number of rotatable bonds is 7. The van der Waals surface area contributed by atoms with Gasteiger partial charge < -0.3 is 4.52 Å². The zero-order valence-corrected chi connectivity index (χ0v) is 17.8. The molecule has 0 aliphatic carbocycles. The van der Waals surface area contributed by atoms with E-state index >= 15 is 0 Å². The van der Waals surface area contributed by atoms with Crippen LogP contribution in [0.3, 0.4) is 0 Å². The van der Waals surface area contributed by atoms with Crippen LogP contribution in [0.1, 0.15) is 24.8 Å². The summed E-state index contributed by atoms with van der Waals surface area (Å²) in [6.45, 7) is 10.4. The Labute approximate surface area is 175 Å². The van der Waals surface area contributed by atoms with Crippen LogP contribution < -0.4 is 0 Å². The van der Waals surface area contributed by atoms with Crippen LogP contribution >= 0.6 is 12.2 Å². The topological polar surface area (TPSA) is 68.2 Å². The standard InChI is InChI=1S/C20H27N7OS/c1-3-8-26-19(17-4-6-21-7-5-17)22-27(20(26)29)15-25-11-9-24(10-12-25)14-18-13-16(2)23-28-18/h4-7,13H,3,8-12,14-15H2,1-2H3. The maximum atomic E-state index is 5.75. The van der Waals surface area contributed by atoms with E-state index in [0.29, 0.717) is 6.67 Å². The number of pyridine rings is 1. The molecular formula is C20H27N7OS. The van der Waals surface area contributed by atoms with Gasteiger partial charge in [0.2, 0.25) is 0 Å². The van der Waals surface area contributed by atoms with Crippen LogP contribution in [0.25, 0.3) is 11.4 Å². The lowest BCUT2D eigenvalue weighted by molar-refractivity contribution is 0.0920. The van der Waals surface area contributed by atoms with E-state index in [9.17, 15) is 0 Å². The molecule has 0 aromatic carbocycles. The van der Waals surface area contributed by atoms with Crippen molar-refractivity contribution in [3.05, 3.63) is 46.8 Å². The normalized spacial score (nSPS) is 15.8. The van der Waals surface area contributed by atoms with Crippen LogP contribution in [0.5, 0.6) is 0 Å². The van der Waals surface area contributed by atoms with E-state index in [0.717, 1.165) is 73.3 Å². The van der Waals surface area contributed by atoms with Gasteiger partial charge in [0, 0.05) is 56.7 Å². The summed E-state index contributed by atoms with van der Waals surface area (Å²) in [5.41, 5.74) is 1.98. The van der Waals surface area contributed by atoms with Crippen molar-refractivity contribution in [3.63, 3.8) is 0 Å². The second-order valence-corrected chi connectivity index (χ2v) is 7.83. The highest BCUT2D eigenvalue weighted by atomic mass is 32.1. The Hall–Kier alpha value is -2.36. The third-order valence-corrected chi connectivity index (χ3v) is 5.59. The first-order valence-corrected chi connectivity index (χ1v) is 10.5. The number of nitrogens with zero attached hydrogens (tertiary/aromatic N) is 7. The average Bonchev–Trinajstić information content (AvgIpc) is 3.28. The summed E-state index contributed by atoms with van der Waals surface area (Å²) in [5, 5.41) is 8.82. The second kappa shape index (κ2) is 8.98. The maximum absolute atomic E-state index is 5.75. The van der Waals surface area contributed by atoms with Gasteiger partial charge in [-0.05, 0) is 37.7 Å². The van der Waals surface area contributed by atoms with E-state index < -0.39 is 0 Å². The fourth-order valence-electron chi connectivity index (χ4n) is 3.66. The number of hydrogen-bond acceptors (Lipinski definition) is 7. The van der Waals surface area contributed by atoms with Crippen LogP contribution in [0.4, 0.5) is 0 Å². The lowest BCUT2D eigenvalue weighted by Crippen LogP contribution is -2.46. The molecule has 4 rings (SSSR count). The third kappa shape index (κ3) is 4.63. The lowest BCUT2D eigenvalue weighted by Gasteiger charge is -2.33. The molecule has 1 saturated heterocycles. The van der Waals surface area contributed by atoms with Gasteiger partial charge in [0.15, 0.2) is 16.4 Å². The minimum atomic E-state index is 0.711. The Balaban J connectivity index is 1.43. The van der Waals surface area contributed by atoms with Gasteiger partial charge in [-0.25, -0.2) is 4.68 Å². The van der Waals surface area contributed by atoms with Crippen molar-refractivity contribution >= 4 is 12.2 Å². The van der Waals surface area contributed by atoms with Gasteiger partial charge in [0.1, 0.15) is 0 Å². The van der Waals surface area contributed by atoms with E-state index in [1.54, 1.807) is 12.4 Å². The summed E-state index contributed by atoms with van der Waals surface area (Å²) in [5.74, 6) is 1.84. The first kappa shape index (κ1) is 19.9. The van der Waals surface area contributed by atoms with Crippen LogP contribution in [-0.2, 0) is 19.8 Å². The van der Waals surface area contributed by atoms with E-state index in [-0.39, 0.29) is 0 Å². The van der Waals surface area contributed by atoms with Crippen LogP contribution in [0.2, 0.25) is 0 Å². The van der Waals surface area contributed by atoms with E-state index in [1.165, 1.54) is 0 Å². The Morgan fingerprint density at radius 1 is 1.10 bits per heavy atom. The van der Waals surface area contributed by atoms with Crippen molar-refractivity contribution in [1.29, 1.82) is 0 Å². The molecule has 1 aliphatic heterocycles. The van der Waals surface area contributed by atoms with Gasteiger partial charge in [-0.15, -0.1) is 0 Å². The first-order valence-electron chi connectivity index (χ1n) is 10.1. The lowest BCUT2D eigenvalue weighted by atomic mass is 10.2. The van der Waals surface area contributed by atoms with E-state index in [4.69, 9.17) is 21.8 Å². The van der Waals surface area contributed by atoms with Crippen molar-refractivity contribution < 1.29 is 4.52 Å². The maximum Gasteiger partial charge on any atom is 0.199 e. The summed E-state index contributed by atoms with van der Waals surface area (Å²) in [4.78, 5) is 8.91. The van der Waals surface area contributed by atoms with Crippen molar-refractivity contribution in [1.82, 2.24) is 34.3 Å². The molecule has 0 radical (unpaired) electrons. The van der Waals surface area contributed by atoms with Gasteiger partial charge in [-0.2, -0.15) is 5.10 Å². The molecule has 0 saturated carbocycles. The third-order valence-electron chi connectivity index (χ3n) is 5.16. The number of piperazine rings is 1. The minimum Gasteiger partial charge on any atom is -0.360 e. The average molecular weight is 414 g/mol. The fraction of sp³-hybridized carbons (Fsp3) is 0.500. The predicted molar refractivity (Wildman–Crippen MR) is 113 cm³/mol. The van der Waals surface area contributed by atoms with Crippen molar-refractivity contribution in [2.45, 2.75) is 40.0 Å². The van der Waals surface area contributed by atoms with Crippen LogP contribution in [-0.4, -0.2) is 60.5 Å². The highest BCUT2D eigenvalue weighted by molar-refractivity contribution is 7.71. The number of aromatic nitrogens is 5. The van der Waals surface area contributed by atoms with Gasteiger partial charge in [0.25, 0.3) is 0 Å². The Bertz CT molecular complexity index is 986. The van der Waals surface area contributed by atoms with Crippen LogP contribution in [0.15, 0.2) is 35.1 Å². The quantitative estimate of drug-likeness (QED) is 0.552. The molecule has 3 aromatic heterocycles. The highest BCUT2D eigenvalue weighted by Crippen LogP contribution is 2.19. The van der Waals surface area contributed by atoms with E-state index in [1.807, 2.05) is 29.8 Å². The van der Waals surface area contributed by atoms with E-state index in [2.05, 4.69) is 31.4 Å². The monoisotopic (exact) mass is 413 g/mol. The Morgan fingerprint density at radius 3 is 2.48 bits per heavy atom.